The van der Waals surface area contributed by atoms with Crippen LogP contribution in [-0.4, -0.2) is 47.7 Å². The van der Waals surface area contributed by atoms with E-state index in [4.69, 9.17) is 4.74 Å². The number of anilines is 1. The summed E-state index contributed by atoms with van der Waals surface area (Å²) in [5.74, 6) is 1.50. The summed E-state index contributed by atoms with van der Waals surface area (Å²) < 4.78 is 5.83. The Morgan fingerprint density at radius 1 is 1.10 bits per heavy atom. The molecule has 158 valence electrons. The van der Waals surface area contributed by atoms with E-state index in [0.29, 0.717) is 11.9 Å². The smallest absolute Gasteiger partial charge is 0.409 e. The Morgan fingerprint density at radius 3 is 2.31 bits per heavy atom. The van der Waals surface area contributed by atoms with E-state index in [9.17, 15) is 4.79 Å². The molecule has 1 aromatic heterocycles. The molecule has 6 heteroatoms. The molecule has 0 radical (unpaired) electrons. The standard InChI is InChI=1S/C23H34N4O2/c1-6-21(29-23(28)27(4)5)20(17(2)3)15-19(18-11-8-7-9-12-18)16-26-22-24-13-10-14-25-22/h7-14,17,19-21H,6,15-16H2,1-5H3,(H,24,25,26). The zero-order chi connectivity index (χ0) is 21.2. The normalized spacial score (nSPS) is 14.1. The maximum atomic E-state index is 12.2. The number of nitrogens with zero attached hydrogens (tertiary/aromatic N) is 3. The molecule has 6 nitrogen and oxygen atoms in total. The van der Waals surface area contributed by atoms with E-state index in [1.165, 1.54) is 10.5 Å². The molecular formula is C23H34N4O2. The van der Waals surface area contributed by atoms with Crippen LogP contribution in [0.2, 0.25) is 0 Å². The fourth-order valence-electron chi connectivity index (χ4n) is 3.56. The number of rotatable bonds is 10. The van der Waals surface area contributed by atoms with E-state index in [1.54, 1.807) is 32.6 Å². The first-order valence-electron chi connectivity index (χ1n) is 10.4. The van der Waals surface area contributed by atoms with Crippen LogP contribution in [0.15, 0.2) is 48.8 Å². The number of ether oxygens (including phenoxy) is 1. The van der Waals surface area contributed by atoms with Crippen LogP contribution >= 0.6 is 0 Å². The predicted octanol–water partition coefficient (Wildman–Crippen LogP) is 4.81. The molecule has 3 unspecified atom stereocenters. The van der Waals surface area contributed by atoms with Gasteiger partial charge in [0.15, 0.2) is 0 Å². The van der Waals surface area contributed by atoms with Gasteiger partial charge < -0.3 is 15.0 Å². The Bertz CT molecular complexity index is 722. The molecule has 0 aliphatic heterocycles. The molecule has 1 amide bonds. The summed E-state index contributed by atoms with van der Waals surface area (Å²) in [4.78, 5) is 22.2. The number of carbonyl (C=O) groups is 1. The van der Waals surface area contributed by atoms with Gasteiger partial charge >= 0.3 is 6.09 Å². The molecule has 1 heterocycles. The molecule has 0 saturated heterocycles. The number of aromatic nitrogens is 2. The van der Waals surface area contributed by atoms with Gasteiger partial charge in [-0.05, 0) is 36.3 Å². The lowest BCUT2D eigenvalue weighted by Crippen LogP contribution is -2.35. The van der Waals surface area contributed by atoms with E-state index in [-0.39, 0.29) is 24.0 Å². The number of hydrogen-bond acceptors (Lipinski definition) is 5. The molecule has 0 saturated carbocycles. The Balaban J connectivity index is 2.19. The van der Waals surface area contributed by atoms with Gasteiger partial charge in [0.2, 0.25) is 5.95 Å². The van der Waals surface area contributed by atoms with Gasteiger partial charge in [-0.1, -0.05) is 51.1 Å². The van der Waals surface area contributed by atoms with Gasteiger partial charge in [0, 0.05) is 39.0 Å². The first-order chi connectivity index (χ1) is 13.9. The van der Waals surface area contributed by atoms with Crippen molar-refractivity contribution in [3.8, 4) is 0 Å². The van der Waals surface area contributed by atoms with E-state index < -0.39 is 0 Å². The van der Waals surface area contributed by atoms with Gasteiger partial charge in [-0.25, -0.2) is 14.8 Å². The van der Waals surface area contributed by atoms with E-state index in [2.05, 4.69) is 60.3 Å². The summed E-state index contributed by atoms with van der Waals surface area (Å²) >= 11 is 0. The lowest BCUT2D eigenvalue weighted by atomic mass is 9.79. The highest BCUT2D eigenvalue weighted by Crippen LogP contribution is 2.33. The second-order valence-corrected chi connectivity index (χ2v) is 7.93. The summed E-state index contributed by atoms with van der Waals surface area (Å²) in [6, 6.07) is 12.3. The van der Waals surface area contributed by atoms with Crippen molar-refractivity contribution >= 4 is 12.0 Å². The van der Waals surface area contributed by atoms with Crippen LogP contribution in [0.25, 0.3) is 0 Å². The van der Waals surface area contributed by atoms with Crippen molar-refractivity contribution in [1.82, 2.24) is 14.9 Å². The van der Waals surface area contributed by atoms with Crippen molar-refractivity contribution < 1.29 is 9.53 Å². The molecule has 0 aliphatic rings. The third kappa shape index (κ3) is 7.04. The molecule has 0 spiro atoms. The zero-order valence-corrected chi connectivity index (χ0v) is 18.2. The number of carbonyl (C=O) groups excluding carboxylic acids is 1. The van der Waals surface area contributed by atoms with Crippen LogP contribution in [0.4, 0.5) is 10.7 Å². The summed E-state index contributed by atoms with van der Waals surface area (Å²) in [7, 11) is 3.44. The molecule has 1 aromatic carbocycles. The molecule has 2 rings (SSSR count). The summed E-state index contributed by atoms with van der Waals surface area (Å²) in [6.45, 7) is 7.20. The maximum Gasteiger partial charge on any atom is 0.409 e. The van der Waals surface area contributed by atoms with Crippen LogP contribution in [0, 0.1) is 11.8 Å². The monoisotopic (exact) mass is 398 g/mol. The van der Waals surface area contributed by atoms with Crippen molar-refractivity contribution in [1.29, 1.82) is 0 Å². The zero-order valence-electron chi connectivity index (χ0n) is 18.2. The highest BCUT2D eigenvalue weighted by Gasteiger charge is 2.30. The minimum atomic E-state index is -0.283. The van der Waals surface area contributed by atoms with Crippen LogP contribution < -0.4 is 5.32 Å². The predicted molar refractivity (Wildman–Crippen MR) is 117 cm³/mol. The topological polar surface area (TPSA) is 67.3 Å². The van der Waals surface area contributed by atoms with Crippen LogP contribution in [0.3, 0.4) is 0 Å². The fraction of sp³-hybridized carbons (Fsp3) is 0.522. The van der Waals surface area contributed by atoms with Crippen molar-refractivity contribution in [2.24, 2.45) is 11.8 Å². The van der Waals surface area contributed by atoms with Gasteiger partial charge in [0.25, 0.3) is 0 Å². The van der Waals surface area contributed by atoms with Crippen LogP contribution in [0.5, 0.6) is 0 Å². The fourth-order valence-corrected chi connectivity index (χ4v) is 3.56. The molecule has 0 bridgehead atoms. The Morgan fingerprint density at radius 2 is 1.76 bits per heavy atom. The maximum absolute atomic E-state index is 12.2. The second kappa shape index (κ2) is 11.4. The lowest BCUT2D eigenvalue weighted by Gasteiger charge is -2.33. The first-order valence-corrected chi connectivity index (χ1v) is 10.4. The van der Waals surface area contributed by atoms with E-state index in [1.807, 2.05) is 6.07 Å². The number of hydrogen-bond donors (Lipinski definition) is 1. The SMILES string of the molecule is CCC(OC(=O)N(C)C)C(CC(CNc1ncccn1)c1ccccc1)C(C)C. The quantitative estimate of drug-likeness (QED) is 0.622. The summed E-state index contributed by atoms with van der Waals surface area (Å²) in [6.07, 6.45) is 4.76. The average Bonchev–Trinajstić information content (AvgIpc) is 2.73. The van der Waals surface area contributed by atoms with E-state index in [0.717, 1.165) is 19.4 Å². The molecule has 29 heavy (non-hydrogen) atoms. The highest BCUT2D eigenvalue weighted by atomic mass is 16.6. The van der Waals surface area contributed by atoms with Gasteiger partial charge in [-0.2, -0.15) is 0 Å². The largest absolute Gasteiger partial charge is 0.446 e. The molecule has 1 N–H and O–H groups in total. The summed E-state index contributed by atoms with van der Waals surface area (Å²) in [5, 5.41) is 3.37. The Kier molecular flexibility index (Phi) is 8.90. The second-order valence-electron chi connectivity index (χ2n) is 7.93. The summed E-state index contributed by atoms with van der Waals surface area (Å²) in [5.41, 5.74) is 1.26. The molecule has 0 fully saturated rings. The van der Waals surface area contributed by atoms with Crippen molar-refractivity contribution in [2.75, 3.05) is 26.0 Å². The Labute approximate surface area is 174 Å². The number of nitrogens with one attached hydrogen (secondary N) is 1. The van der Waals surface area contributed by atoms with Crippen molar-refractivity contribution in [2.45, 2.75) is 45.6 Å². The van der Waals surface area contributed by atoms with Gasteiger partial charge in [0.05, 0.1) is 0 Å². The minimum Gasteiger partial charge on any atom is -0.446 e. The highest BCUT2D eigenvalue weighted by molar-refractivity contribution is 5.67. The number of benzene rings is 1. The van der Waals surface area contributed by atoms with Gasteiger partial charge in [-0.3, -0.25) is 0 Å². The lowest BCUT2D eigenvalue weighted by molar-refractivity contribution is 0.0227. The molecule has 0 aliphatic carbocycles. The van der Waals surface area contributed by atoms with E-state index >= 15 is 0 Å². The van der Waals surface area contributed by atoms with Crippen molar-refractivity contribution in [3.63, 3.8) is 0 Å². The molecular weight excluding hydrogens is 364 g/mol. The van der Waals surface area contributed by atoms with Crippen molar-refractivity contribution in [3.05, 3.63) is 54.4 Å². The average molecular weight is 399 g/mol. The van der Waals surface area contributed by atoms with Crippen LogP contribution in [-0.2, 0) is 4.74 Å². The third-order valence-corrected chi connectivity index (χ3v) is 5.25. The third-order valence-electron chi connectivity index (χ3n) is 5.25. The number of amides is 1. The molecule has 3 atom stereocenters. The Hall–Kier alpha value is -2.63. The first kappa shape index (κ1) is 22.7. The minimum absolute atomic E-state index is 0.121. The molecule has 2 aromatic rings. The van der Waals surface area contributed by atoms with Crippen LogP contribution in [0.1, 0.15) is 45.1 Å². The van der Waals surface area contributed by atoms with Gasteiger partial charge in [-0.15, -0.1) is 0 Å². The van der Waals surface area contributed by atoms with Gasteiger partial charge in [0.1, 0.15) is 6.10 Å².